The zero-order valence-electron chi connectivity index (χ0n) is 16.4. The summed E-state index contributed by atoms with van der Waals surface area (Å²) in [5.41, 5.74) is -1.42. The molecule has 1 N–H and O–H groups in total. The highest BCUT2D eigenvalue weighted by atomic mass is 19.4. The molecular formula is C19H12F4N2O2. The summed E-state index contributed by atoms with van der Waals surface area (Å²) in [6.07, 6.45) is -4.98. The maximum Gasteiger partial charge on any atom is 0.416 e. The Labute approximate surface area is 155 Å². The SMILES string of the molecule is [2H]c1cc([2H])c(C(F)(F)F)c([2H])c1Oc1cccc(C(=O)Nc2ccc(F)cc2)n1. The van der Waals surface area contributed by atoms with Crippen molar-refractivity contribution in [1.29, 1.82) is 0 Å². The normalized spacial score (nSPS) is 12.7. The average Bonchev–Trinajstić information content (AvgIpc) is 2.66. The molecule has 1 amide bonds. The fourth-order valence-corrected chi connectivity index (χ4v) is 2.00. The first kappa shape index (κ1) is 14.7. The Morgan fingerprint density at radius 1 is 1.07 bits per heavy atom. The number of pyridine rings is 1. The van der Waals surface area contributed by atoms with Gasteiger partial charge < -0.3 is 10.1 Å². The van der Waals surface area contributed by atoms with Crippen molar-refractivity contribution in [2.45, 2.75) is 6.18 Å². The van der Waals surface area contributed by atoms with Gasteiger partial charge in [-0.05, 0) is 48.5 Å². The fraction of sp³-hybridized carbons (Fsp3) is 0.0526. The zero-order chi connectivity index (χ0) is 22.1. The van der Waals surface area contributed by atoms with Crippen LogP contribution in [0.25, 0.3) is 0 Å². The molecule has 4 nitrogen and oxygen atoms in total. The second kappa shape index (κ2) is 7.45. The molecule has 3 rings (SSSR count). The Hall–Kier alpha value is -3.42. The molecule has 0 aliphatic heterocycles. The molecule has 2 aromatic carbocycles. The van der Waals surface area contributed by atoms with Crippen LogP contribution in [0.5, 0.6) is 11.6 Å². The number of nitrogens with one attached hydrogen (secondary N) is 1. The van der Waals surface area contributed by atoms with Crippen LogP contribution in [0.15, 0.2) is 66.7 Å². The first-order valence-corrected chi connectivity index (χ1v) is 7.46. The molecular weight excluding hydrogens is 364 g/mol. The third-order valence-corrected chi connectivity index (χ3v) is 3.21. The lowest BCUT2D eigenvalue weighted by atomic mass is 10.2. The molecule has 0 saturated heterocycles. The number of nitrogens with zero attached hydrogens (tertiary/aromatic N) is 1. The predicted octanol–water partition coefficient (Wildman–Crippen LogP) is 5.28. The first-order chi connectivity index (χ1) is 14.1. The van der Waals surface area contributed by atoms with Crippen molar-refractivity contribution >= 4 is 11.6 Å². The lowest BCUT2D eigenvalue weighted by molar-refractivity contribution is -0.137. The lowest BCUT2D eigenvalue weighted by Gasteiger charge is -2.10. The number of carbonyl (C=O) groups excluding carboxylic acids is 1. The Morgan fingerprint density at radius 3 is 2.52 bits per heavy atom. The van der Waals surface area contributed by atoms with Crippen molar-refractivity contribution in [2.24, 2.45) is 0 Å². The number of hydrogen-bond acceptors (Lipinski definition) is 3. The van der Waals surface area contributed by atoms with Gasteiger partial charge in [0, 0.05) is 11.8 Å². The molecule has 138 valence electrons. The number of alkyl halides is 3. The molecule has 1 aromatic heterocycles. The van der Waals surface area contributed by atoms with Crippen LogP contribution in [0.3, 0.4) is 0 Å². The van der Waals surface area contributed by atoms with Crippen LogP contribution in [0.4, 0.5) is 23.2 Å². The Morgan fingerprint density at radius 2 is 1.81 bits per heavy atom. The molecule has 0 aliphatic rings. The standard InChI is InChI=1S/C19H12F4N2O2/c20-13-7-9-14(10-8-13)24-18(26)16-5-2-6-17(25-16)27-15-4-1-3-12(11-15)19(21,22)23/h1-11H,(H,24,26)/i3D,4D,11D. The van der Waals surface area contributed by atoms with E-state index in [4.69, 9.17) is 8.85 Å². The van der Waals surface area contributed by atoms with E-state index in [2.05, 4.69) is 10.3 Å². The number of benzene rings is 2. The monoisotopic (exact) mass is 379 g/mol. The summed E-state index contributed by atoms with van der Waals surface area (Å²) in [5.74, 6) is -2.26. The number of hydrogen-bond donors (Lipinski definition) is 1. The summed E-state index contributed by atoms with van der Waals surface area (Å²) in [6, 6.07) is 6.62. The minimum atomic E-state index is -4.98. The molecule has 0 radical (unpaired) electrons. The van der Waals surface area contributed by atoms with Gasteiger partial charge in [-0.1, -0.05) is 12.1 Å². The fourth-order valence-electron chi connectivity index (χ4n) is 2.00. The van der Waals surface area contributed by atoms with Crippen molar-refractivity contribution in [3.8, 4) is 11.6 Å². The molecule has 1 heterocycles. The van der Waals surface area contributed by atoms with Crippen LogP contribution >= 0.6 is 0 Å². The highest BCUT2D eigenvalue weighted by Gasteiger charge is 2.30. The third-order valence-electron chi connectivity index (χ3n) is 3.21. The van der Waals surface area contributed by atoms with Gasteiger partial charge in [0.2, 0.25) is 5.88 Å². The molecule has 0 aliphatic carbocycles. The van der Waals surface area contributed by atoms with Crippen LogP contribution in [0.1, 0.15) is 20.2 Å². The Balaban J connectivity index is 1.89. The van der Waals surface area contributed by atoms with Crippen molar-refractivity contribution in [3.63, 3.8) is 0 Å². The number of amides is 1. The number of halogens is 4. The Bertz CT molecular complexity index is 1110. The summed E-state index contributed by atoms with van der Waals surface area (Å²) in [4.78, 5) is 16.2. The van der Waals surface area contributed by atoms with Gasteiger partial charge in [-0.15, -0.1) is 0 Å². The van der Waals surface area contributed by atoms with E-state index in [0.29, 0.717) is 6.07 Å². The lowest BCUT2D eigenvalue weighted by Crippen LogP contribution is -2.13. The van der Waals surface area contributed by atoms with E-state index in [1.807, 2.05) is 0 Å². The molecule has 27 heavy (non-hydrogen) atoms. The number of carbonyl (C=O) groups is 1. The topological polar surface area (TPSA) is 51.2 Å². The van der Waals surface area contributed by atoms with Crippen LogP contribution in [-0.4, -0.2) is 10.9 Å². The van der Waals surface area contributed by atoms with E-state index in [-0.39, 0.29) is 17.3 Å². The van der Waals surface area contributed by atoms with Crippen molar-refractivity contribution in [2.75, 3.05) is 5.32 Å². The number of aromatic nitrogens is 1. The van der Waals surface area contributed by atoms with Crippen LogP contribution < -0.4 is 10.1 Å². The highest BCUT2D eigenvalue weighted by Crippen LogP contribution is 2.32. The van der Waals surface area contributed by atoms with Gasteiger partial charge in [0.25, 0.3) is 5.91 Å². The van der Waals surface area contributed by atoms with Gasteiger partial charge in [0.05, 0.1) is 9.68 Å². The zero-order valence-corrected chi connectivity index (χ0v) is 13.4. The summed E-state index contributed by atoms with van der Waals surface area (Å²) < 4.78 is 80.3. The summed E-state index contributed by atoms with van der Waals surface area (Å²) in [6.45, 7) is 0. The molecule has 0 fully saturated rings. The molecule has 0 saturated carbocycles. The Kier molecular flexibility index (Phi) is 4.06. The van der Waals surface area contributed by atoms with Crippen molar-refractivity contribution in [3.05, 3.63) is 83.7 Å². The van der Waals surface area contributed by atoms with E-state index in [1.54, 1.807) is 0 Å². The molecule has 0 bridgehead atoms. The minimum absolute atomic E-state index is 0.164. The largest absolute Gasteiger partial charge is 0.439 e. The average molecular weight is 379 g/mol. The van der Waals surface area contributed by atoms with Gasteiger partial charge in [-0.2, -0.15) is 13.2 Å². The second-order valence-electron chi connectivity index (χ2n) is 5.18. The smallest absolute Gasteiger partial charge is 0.416 e. The van der Waals surface area contributed by atoms with Gasteiger partial charge in [-0.25, -0.2) is 9.37 Å². The summed E-state index contributed by atoms with van der Waals surface area (Å²) >= 11 is 0. The maximum atomic E-state index is 13.1. The van der Waals surface area contributed by atoms with E-state index in [9.17, 15) is 22.4 Å². The van der Waals surface area contributed by atoms with Crippen molar-refractivity contribution in [1.82, 2.24) is 4.98 Å². The van der Waals surface area contributed by atoms with Crippen molar-refractivity contribution < 1.29 is 31.2 Å². The molecule has 0 atom stereocenters. The van der Waals surface area contributed by atoms with Gasteiger partial charge >= 0.3 is 6.18 Å². The molecule has 3 aromatic rings. The number of rotatable bonds is 4. The quantitative estimate of drug-likeness (QED) is 0.627. The third kappa shape index (κ3) is 4.81. The van der Waals surface area contributed by atoms with Gasteiger partial charge in [-0.3, -0.25) is 4.79 Å². The number of ether oxygens (including phenoxy) is 1. The van der Waals surface area contributed by atoms with Crippen LogP contribution in [-0.2, 0) is 6.18 Å². The highest BCUT2D eigenvalue weighted by molar-refractivity contribution is 6.02. The van der Waals surface area contributed by atoms with E-state index < -0.39 is 47.3 Å². The first-order valence-electron chi connectivity index (χ1n) is 8.96. The van der Waals surface area contributed by atoms with Gasteiger partial charge in [0.15, 0.2) is 0 Å². The maximum absolute atomic E-state index is 13.1. The summed E-state index contributed by atoms with van der Waals surface area (Å²) in [7, 11) is 0. The van der Waals surface area contributed by atoms with Crippen LogP contribution in [0.2, 0.25) is 0 Å². The van der Waals surface area contributed by atoms with E-state index in [0.717, 1.165) is 12.1 Å². The summed E-state index contributed by atoms with van der Waals surface area (Å²) in [5, 5.41) is 2.46. The van der Waals surface area contributed by atoms with E-state index >= 15 is 0 Å². The predicted molar refractivity (Wildman–Crippen MR) is 90.1 cm³/mol. The second-order valence-corrected chi connectivity index (χ2v) is 5.18. The van der Waals surface area contributed by atoms with Gasteiger partial charge in [0.1, 0.15) is 17.3 Å². The molecule has 8 heteroatoms. The number of anilines is 1. The van der Waals surface area contributed by atoms with E-state index in [1.165, 1.54) is 30.3 Å². The molecule has 0 spiro atoms. The minimum Gasteiger partial charge on any atom is -0.439 e. The molecule has 0 unspecified atom stereocenters. The van der Waals surface area contributed by atoms with Crippen LogP contribution in [0, 0.1) is 5.82 Å².